The van der Waals surface area contributed by atoms with Crippen molar-refractivity contribution in [2.24, 2.45) is 15.9 Å². The number of furan rings is 2. The van der Waals surface area contributed by atoms with Crippen LogP contribution in [0.1, 0.15) is 57.1 Å². The van der Waals surface area contributed by atoms with Crippen molar-refractivity contribution < 1.29 is 8.83 Å². The molecule has 0 fully saturated rings. The highest BCUT2D eigenvalue weighted by molar-refractivity contribution is 7.17. The van der Waals surface area contributed by atoms with Crippen LogP contribution in [0.3, 0.4) is 0 Å². The minimum Gasteiger partial charge on any atom is -0.461 e. The van der Waals surface area contributed by atoms with Crippen LogP contribution in [0.25, 0.3) is 32.0 Å². The molecule has 0 aliphatic heterocycles. The van der Waals surface area contributed by atoms with E-state index in [1.165, 1.54) is 21.2 Å². The van der Waals surface area contributed by atoms with E-state index >= 15 is 0 Å². The molecule has 5 rings (SSSR count). The molecule has 5 heteroatoms. The summed E-state index contributed by atoms with van der Waals surface area (Å²) >= 11 is 1.79. The van der Waals surface area contributed by atoms with Gasteiger partial charge in [0.2, 0.25) is 5.88 Å². The predicted molar refractivity (Wildman–Crippen MR) is 146 cm³/mol. The van der Waals surface area contributed by atoms with Gasteiger partial charge in [0, 0.05) is 34.2 Å². The number of nitrogens with zero attached hydrogens (tertiary/aromatic N) is 2. The summed E-state index contributed by atoms with van der Waals surface area (Å²) in [5.74, 6) is 2.12. The highest BCUT2D eigenvalue weighted by Crippen LogP contribution is 2.37. The summed E-state index contributed by atoms with van der Waals surface area (Å²) in [6, 6.07) is 12.5. The van der Waals surface area contributed by atoms with Gasteiger partial charge in [-0.1, -0.05) is 34.6 Å². The van der Waals surface area contributed by atoms with E-state index in [2.05, 4.69) is 75.1 Å². The molecule has 0 unspecified atom stereocenters. The minimum atomic E-state index is 0.0703. The lowest BCUT2D eigenvalue weighted by Gasteiger charge is -2.20. The van der Waals surface area contributed by atoms with Gasteiger partial charge in [0.15, 0.2) is 0 Å². The van der Waals surface area contributed by atoms with Crippen LogP contribution >= 0.6 is 11.3 Å². The molecule has 34 heavy (non-hydrogen) atoms. The third kappa shape index (κ3) is 4.21. The second-order valence-electron chi connectivity index (χ2n) is 10.4. The SMILES string of the molecule is Cc1c(CC(C)C)oc2ccc3oc(/N=C\N=Cc4cc(C(C)(C)C)c5sccc5c4)cc3c12. The normalized spacial score (nSPS) is 13.1. The third-order valence-electron chi connectivity index (χ3n) is 6.13. The first-order valence-corrected chi connectivity index (χ1v) is 12.6. The second-order valence-corrected chi connectivity index (χ2v) is 11.3. The Kier molecular flexibility index (Phi) is 5.68. The smallest absolute Gasteiger partial charge is 0.221 e. The van der Waals surface area contributed by atoms with E-state index in [0.717, 1.165) is 39.7 Å². The Hall–Kier alpha value is -3.18. The van der Waals surface area contributed by atoms with Crippen LogP contribution in [0.2, 0.25) is 0 Å². The van der Waals surface area contributed by atoms with Crippen LogP contribution in [0.15, 0.2) is 60.6 Å². The van der Waals surface area contributed by atoms with Gasteiger partial charge in [-0.2, -0.15) is 0 Å². The fourth-order valence-corrected chi connectivity index (χ4v) is 5.58. The Morgan fingerprint density at radius 2 is 1.82 bits per heavy atom. The van der Waals surface area contributed by atoms with E-state index in [1.54, 1.807) is 17.7 Å². The summed E-state index contributed by atoms with van der Waals surface area (Å²) in [5.41, 5.74) is 5.37. The number of aryl methyl sites for hydroxylation is 1. The zero-order valence-electron chi connectivity index (χ0n) is 20.6. The molecule has 0 bridgehead atoms. The van der Waals surface area contributed by atoms with Crippen molar-refractivity contribution in [3.05, 3.63) is 64.2 Å². The average Bonchev–Trinajstić information content (AvgIpc) is 3.47. The molecule has 0 spiro atoms. The lowest BCUT2D eigenvalue weighted by molar-refractivity contribution is 0.496. The van der Waals surface area contributed by atoms with Gasteiger partial charge in [-0.25, -0.2) is 9.98 Å². The summed E-state index contributed by atoms with van der Waals surface area (Å²) in [4.78, 5) is 8.90. The predicted octanol–water partition coefficient (Wildman–Crippen LogP) is 8.98. The van der Waals surface area contributed by atoms with Gasteiger partial charge < -0.3 is 8.83 Å². The van der Waals surface area contributed by atoms with E-state index in [9.17, 15) is 0 Å². The molecule has 5 aromatic rings. The molecule has 3 heterocycles. The van der Waals surface area contributed by atoms with E-state index in [1.807, 2.05) is 24.4 Å². The van der Waals surface area contributed by atoms with Crippen molar-refractivity contribution in [1.82, 2.24) is 0 Å². The molecule has 0 saturated heterocycles. The van der Waals surface area contributed by atoms with Crippen molar-refractivity contribution in [3.63, 3.8) is 0 Å². The molecule has 3 aromatic heterocycles. The van der Waals surface area contributed by atoms with E-state index in [0.29, 0.717) is 11.8 Å². The second kappa shape index (κ2) is 8.55. The Morgan fingerprint density at radius 1 is 1.03 bits per heavy atom. The molecular formula is C29H30N2O2S. The molecule has 0 radical (unpaired) electrons. The van der Waals surface area contributed by atoms with Crippen LogP contribution in [-0.4, -0.2) is 12.6 Å². The largest absolute Gasteiger partial charge is 0.461 e. The number of hydrogen-bond acceptors (Lipinski definition) is 4. The van der Waals surface area contributed by atoms with Gasteiger partial charge in [0.05, 0.1) is 0 Å². The van der Waals surface area contributed by atoms with Gasteiger partial charge in [0.1, 0.15) is 23.3 Å². The minimum absolute atomic E-state index is 0.0703. The highest BCUT2D eigenvalue weighted by atomic mass is 32.1. The summed E-state index contributed by atoms with van der Waals surface area (Å²) in [5, 5.41) is 5.54. The first kappa shape index (κ1) is 22.6. The van der Waals surface area contributed by atoms with Crippen LogP contribution < -0.4 is 0 Å². The third-order valence-corrected chi connectivity index (χ3v) is 7.09. The summed E-state index contributed by atoms with van der Waals surface area (Å²) < 4.78 is 13.4. The highest BCUT2D eigenvalue weighted by Gasteiger charge is 2.19. The van der Waals surface area contributed by atoms with E-state index in [4.69, 9.17) is 8.83 Å². The maximum atomic E-state index is 6.13. The van der Waals surface area contributed by atoms with Gasteiger partial charge in [-0.3, -0.25) is 0 Å². The Labute approximate surface area is 204 Å². The number of fused-ring (bicyclic) bond motifs is 4. The van der Waals surface area contributed by atoms with Gasteiger partial charge in [-0.15, -0.1) is 11.3 Å². The van der Waals surface area contributed by atoms with Crippen LogP contribution in [-0.2, 0) is 11.8 Å². The molecule has 0 aliphatic carbocycles. The number of benzene rings is 2. The zero-order valence-corrected chi connectivity index (χ0v) is 21.4. The molecule has 4 nitrogen and oxygen atoms in total. The molecule has 0 saturated carbocycles. The Morgan fingerprint density at radius 3 is 2.59 bits per heavy atom. The number of thiophene rings is 1. The molecule has 0 atom stereocenters. The van der Waals surface area contributed by atoms with E-state index in [-0.39, 0.29) is 5.41 Å². The van der Waals surface area contributed by atoms with E-state index < -0.39 is 0 Å². The van der Waals surface area contributed by atoms with Crippen LogP contribution in [0.4, 0.5) is 5.88 Å². The zero-order chi connectivity index (χ0) is 24.0. The first-order valence-electron chi connectivity index (χ1n) is 11.7. The van der Waals surface area contributed by atoms with Crippen LogP contribution in [0, 0.1) is 12.8 Å². The van der Waals surface area contributed by atoms with Gasteiger partial charge in [0.25, 0.3) is 0 Å². The fourth-order valence-electron chi connectivity index (χ4n) is 4.47. The summed E-state index contributed by atoms with van der Waals surface area (Å²) in [7, 11) is 0. The molecule has 0 N–H and O–H groups in total. The Balaban J connectivity index is 1.43. The Bertz CT molecular complexity index is 1550. The van der Waals surface area contributed by atoms with Gasteiger partial charge >= 0.3 is 0 Å². The van der Waals surface area contributed by atoms with Gasteiger partial charge in [-0.05, 0) is 76.0 Å². The van der Waals surface area contributed by atoms with Crippen molar-refractivity contribution in [1.29, 1.82) is 0 Å². The first-order chi connectivity index (χ1) is 16.2. The van der Waals surface area contributed by atoms with Crippen molar-refractivity contribution >= 4 is 61.8 Å². The van der Waals surface area contributed by atoms with Crippen molar-refractivity contribution in [2.45, 2.75) is 53.4 Å². The summed E-state index contributed by atoms with van der Waals surface area (Å²) in [6.45, 7) is 13.3. The molecule has 174 valence electrons. The lowest BCUT2D eigenvalue weighted by atomic mass is 9.85. The fraction of sp³-hybridized carbons (Fsp3) is 0.310. The molecule has 0 aliphatic rings. The quantitative estimate of drug-likeness (QED) is 0.190. The maximum Gasteiger partial charge on any atom is 0.221 e. The number of aliphatic imine (C=N–C) groups is 2. The van der Waals surface area contributed by atoms with Crippen molar-refractivity contribution in [3.8, 4) is 0 Å². The number of rotatable bonds is 5. The average molecular weight is 471 g/mol. The molecule has 2 aromatic carbocycles. The maximum absolute atomic E-state index is 6.13. The van der Waals surface area contributed by atoms with Crippen LogP contribution in [0.5, 0.6) is 0 Å². The topological polar surface area (TPSA) is 51.0 Å². The standard InChI is InChI=1S/C29H30N2O2S/c1-17(2)11-25-18(3)27-21-14-26(33-23(21)7-8-24(27)32-25)31-16-30-15-19-12-20-9-10-34-28(20)22(13-19)29(4,5)6/h7-10,12-17H,11H2,1-6H3/b30-15?,31-16-. The molecule has 0 amide bonds. The molecular weight excluding hydrogens is 440 g/mol. The summed E-state index contributed by atoms with van der Waals surface area (Å²) in [6.07, 6.45) is 4.33. The van der Waals surface area contributed by atoms with Crippen molar-refractivity contribution in [2.75, 3.05) is 0 Å². The number of hydrogen-bond donors (Lipinski definition) is 0. The lowest BCUT2D eigenvalue weighted by Crippen LogP contribution is -2.11. The monoisotopic (exact) mass is 470 g/mol.